The van der Waals surface area contributed by atoms with Crippen LogP contribution in [0.4, 0.5) is 4.79 Å². The topological polar surface area (TPSA) is 69.6 Å². The molecule has 0 aromatic carbocycles. The van der Waals surface area contributed by atoms with Gasteiger partial charge in [-0.2, -0.15) is 0 Å². The summed E-state index contributed by atoms with van der Waals surface area (Å²) >= 11 is 0. The van der Waals surface area contributed by atoms with Crippen molar-refractivity contribution in [3.8, 4) is 0 Å². The van der Waals surface area contributed by atoms with E-state index >= 15 is 0 Å². The van der Waals surface area contributed by atoms with E-state index in [-0.39, 0.29) is 6.03 Å². The lowest BCUT2D eigenvalue weighted by Gasteiger charge is -2.26. The van der Waals surface area contributed by atoms with Gasteiger partial charge in [0.05, 0.1) is 0 Å². The number of aliphatic carboxylic acids is 1. The summed E-state index contributed by atoms with van der Waals surface area (Å²) in [6.45, 7) is 6.72. The summed E-state index contributed by atoms with van der Waals surface area (Å²) in [5, 5.41) is 11.7. The maximum absolute atomic E-state index is 12.1. The third kappa shape index (κ3) is 4.55. The number of nitrogens with zero attached hydrogens (tertiary/aromatic N) is 1. The Morgan fingerprint density at radius 3 is 2.39 bits per heavy atom. The third-order valence-corrected chi connectivity index (χ3v) is 2.98. The van der Waals surface area contributed by atoms with Crippen LogP contribution < -0.4 is 5.32 Å². The van der Waals surface area contributed by atoms with Crippen molar-refractivity contribution in [3.05, 3.63) is 0 Å². The van der Waals surface area contributed by atoms with E-state index in [4.69, 9.17) is 5.11 Å². The number of rotatable bonds is 7. The summed E-state index contributed by atoms with van der Waals surface area (Å²) in [7, 11) is 0. The van der Waals surface area contributed by atoms with E-state index in [1.807, 2.05) is 6.92 Å². The normalized spacial score (nSPS) is 16.4. The van der Waals surface area contributed by atoms with Gasteiger partial charge in [0.25, 0.3) is 0 Å². The Bertz CT molecular complexity index is 301. The average Bonchev–Trinajstić information content (AvgIpc) is 3.08. The van der Waals surface area contributed by atoms with Crippen molar-refractivity contribution in [2.45, 2.75) is 58.5 Å². The van der Waals surface area contributed by atoms with E-state index in [2.05, 4.69) is 19.2 Å². The number of urea groups is 1. The van der Waals surface area contributed by atoms with E-state index in [1.54, 1.807) is 4.90 Å². The predicted octanol–water partition coefficient (Wildman–Crippen LogP) is 2.07. The minimum absolute atomic E-state index is 0.230. The zero-order valence-electron chi connectivity index (χ0n) is 11.5. The first-order valence-corrected chi connectivity index (χ1v) is 6.75. The van der Waals surface area contributed by atoms with Crippen LogP contribution in [0, 0.1) is 5.92 Å². The molecule has 5 heteroatoms. The molecular weight excluding hydrogens is 232 g/mol. The van der Waals surface area contributed by atoms with E-state index in [9.17, 15) is 9.59 Å². The fourth-order valence-corrected chi connectivity index (χ4v) is 1.96. The Morgan fingerprint density at radius 2 is 2.00 bits per heavy atom. The average molecular weight is 256 g/mol. The molecule has 1 aliphatic carbocycles. The second-order valence-electron chi connectivity index (χ2n) is 5.41. The van der Waals surface area contributed by atoms with E-state index in [0.29, 0.717) is 24.9 Å². The number of carbonyl (C=O) groups excluding carboxylic acids is 1. The predicted molar refractivity (Wildman–Crippen MR) is 69.4 cm³/mol. The van der Waals surface area contributed by atoms with Crippen LogP contribution in [-0.2, 0) is 4.79 Å². The molecule has 0 heterocycles. The molecule has 0 aliphatic heterocycles. The molecular formula is C13H24N2O3. The lowest BCUT2D eigenvalue weighted by Crippen LogP contribution is -2.49. The van der Waals surface area contributed by atoms with Gasteiger partial charge in [-0.05, 0) is 25.2 Å². The molecule has 104 valence electrons. The van der Waals surface area contributed by atoms with Gasteiger partial charge in [-0.15, -0.1) is 0 Å². The third-order valence-electron chi connectivity index (χ3n) is 2.98. The molecule has 0 unspecified atom stereocenters. The zero-order chi connectivity index (χ0) is 13.7. The van der Waals surface area contributed by atoms with Crippen LogP contribution in [0.2, 0.25) is 0 Å². The second kappa shape index (κ2) is 6.61. The highest BCUT2D eigenvalue weighted by atomic mass is 16.4. The van der Waals surface area contributed by atoms with E-state index < -0.39 is 12.0 Å². The number of carbonyl (C=O) groups is 2. The Balaban J connectivity index is 2.56. The molecule has 0 aromatic rings. The van der Waals surface area contributed by atoms with Gasteiger partial charge in [0, 0.05) is 12.6 Å². The monoisotopic (exact) mass is 256 g/mol. The van der Waals surface area contributed by atoms with Crippen molar-refractivity contribution in [1.29, 1.82) is 0 Å². The van der Waals surface area contributed by atoms with Crippen molar-refractivity contribution in [3.63, 3.8) is 0 Å². The van der Waals surface area contributed by atoms with Crippen LogP contribution in [0.5, 0.6) is 0 Å². The standard InChI is InChI=1S/C13H24N2O3/c1-4-5-11(12(16)17)14-13(18)15(8-9(2)3)10-6-7-10/h9-11H,4-8H2,1-3H3,(H,14,18)(H,16,17)/t11-/m0/s1. The van der Waals surface area contributed by atoms with Gasteiger partial charge in [0.15, 0.2) is 0 Å². The highest BCUT2D eigenvalue weighted by molar-refractivity contribution is 5.82. The molecule has 0 spiro atoms. The molecule has 0 saturated heterocycles. The van der Waals surface area contributed by atoms with Gasteiger partial charge in [0.2, 0.25) is 0 Å². The van der Waals surface area contributed by atoms with Crippen molar-refractivity contribution in [2.24, 2.45) is 5.92 Å². The van der Waals surface area contributed by atoms with Crippen LogP contribution in [0.15, 0.2) is 0 Å². The first-order valence-electron chi connectivity index (χ1n) is 6.75. The number of nitrogens with one attached hydrogen (secondary N) is 1. The van der Waals surface area contributed by atoms with Gasteiger partial charge in [-0.3, -0.25) is 0 Å². The smallest absolute Gasteiger partial charge is 0.326 e. The minimum Gasteiger partial charge on any atom is -0.480 e. The Morgan fingerprint density at radius 1 is 1.39 bits per heavy atom. The zero-order valence-corrected chi connectivity index (χ0v) is 11.5. The summed E-state index contributed by atoms with van der Waals surface area (Å²) in [4.78, 5) is 24.9. The second-order valence-corrected chi connectivity index (χ2v) is 5.41. The molecule has 1 saturated carbocycles. The van der Waals surface area contributed by atoms with Crippen molar-refractivity contribution < 1.29 is 14.7 Å². The van der Waals surface area contributed by atoms with Crippen LogP contribution in [0.3, 0.4) is 0 Å². The maximum Gasteiger partial charge on any atom is 0.326 e. The summed E-state index contributed by atoms with van der Waals surface area (Å²) in [6, 6.07) is -0.688. The molecule has 5 nitrogen and oxygen atoms in total. The van der Waals surface area contributed by atoms with Crippen molar-refractivity contribution in [2.75, 3.05) is 6.54 Å². The van der Waals surface area contributed by atoms with Gasteiger partial charge in [0.1, 0.15) is 6.04 Å². The molecule has 0 aromatic heterocycles. The number of carboxylic acid groups (broad SMARTS) is 1. The van der Waals surface area contributed by atoms with Crippen LogP contribution in [0.25, 0.3) is 0 Å². The lowest BCUT2D eigenvalue weighted by molar-refractivity contribution is -0.139. The molecule has 0 bridgehead atoms. The van der Waals surface area contributed by atoms with E-state index in [1.165, 1.54) is 0 Å². The van der Waals surface area contributed by atoms with Gasteiger partial charge in [-0.25, -0.2) is 9.59 Å². The largest absolute Gasteiger partial charge is 0.480 e. The number of hydrogen-bond acceptors (Lipinski definition) is 2. The fourth-order valence-electron chi connectivity index (χ4n) is 1.96. The van der Waals surface area contributed by atoms with Gasteiger partial charge in [-0.1, -0.05) is 27.2 Å². The SMILES string of the molecule is CCC[C@H](NC(=O)N(CC(C)C)C1CC1)C(=O)O. The molecule has 18 heavy (non-hydrogen) atoms. The molecule has 2 N–H and O–H groups in total. The summed E-state index contributed by atoms with van der Waals surface area (Å²) in [5.41, 5.74) is 0. The van der Waals surface area contributed by atoms with Crippen LogP contribution in [0.1, 0.15) is 46.5 Å². The molecule has 1 atom stereocenters. The van der Waals surface area contributed by atoms with E-state index in [0.717, 1.165) is 19.3 Å². The minimum atomic E-state index is -0.953. The maximum atomic E-state index is 12.1. The molecule has 1 fully saturated rings. The lowest BCUT2D eigenvalue weighted by atomic mass is 10.1. The van der Waals surface area contributed by atoms with Crippen LogP contribution in [-0.4, -0.2) is 40.6 Å². The fraction of sp³-hybridized carbons (Fsp3) is 0.846. The summed E-state index contributed by atoms with van der Waals surface area (Å²) in [5.74, 6) is -0.559. The Labute approximate surface area is 109 Å². The Kier molecular flexibility index (Phi) is 5.44. The number of amides is 2. The van der Waals surface area contributed by atoms with Crippen molar-refractivity contribution in [1.82, 2.24) is 10.2 Å². The molecule has 0 radical (unpaired) electrons. The summed E-state index contributed by atoms with van der Waals surface area (Å²) in [6.07, 6.45) is 3.28. The number of carboxylic acids is 1. The summed E-state index contributed by atoms with van der Waals surface area (Å²) < 4.78 is 0. The van der Waals surface area contributed by atoms with Crippen molar-refractivity contribution >= 4 is 12.0 Å². The highest BCUT2D eigenvalue weighted by Gasteiger charge is 2.34. The quantitative estimate of drug-likeness (QED) is 0.732. The molecule has 1 aliphatic rings. The molecule has 2 amide bonds. The Hall–Kier alpha value is -1.26. The van der Waals surface area contributed by atoms with Gasteiger partial charge >= 0.3 is 12.0 Å². The van der Waals surface area contributed by atoms with Crippen LogP contribution >= 0.6 is 0 Å². The number of hydrogen-bond donors (Lipinski definition) is 2. The first-order chi connectivity index (χ1) is 8.45. The van der Waals surface area contributed by atoms with Gasteiger partial charge < -0.3 is 15.3 Å². The molecule has 1 rings (SSSR count). The first kappa shape index (κ1) is 14.8. The highest BCUT2D eigenvalue weighted by Crippen LogP contribution is 2.27.